The third-order valence-electron chi connectivity index (χ3n) is 1.88. The molecule has 0 saturated heterocycles. The van der Waals surface area contributed by atoms with Crippen molar-refractivity contribution in [1.82, 2.24) is 4.98 Å². The van der Waals surface area contributed by atoms with Crippen molar-refractivity contribution < 1.29 is 8.78 Å². The zero-order valence-corrected chi connectivity index (χ0v) is 9.26. The molecule has 0 radical (unpaired) electrons. The number of nitrogens with zero attached hydrogens (tertiary/aromatic N) is 2. The van der Waals surface area contributed by atoms with Gasteiger partial charge in [0.1, 0.15) is 5.82 Å². The van der Waals surface area contributed by atoms with Gasteiger partial charge in [-0.2, -0.15) is 5.26 Å². The molecule has 0 spiro atoms. The number of anilines is 1. The monoisotopic (exact) mass is 275 g/mol. The largest absolute Gasteiger partial charge is 0.383 e. The SMILES string of the molecule is N#CCc1cc(C(F)F)c(N)nc1CBr. The first-order valence-electron chi connectivity index (χ1n) is 4.09. The first-order chi connectivity index (χ1) is 7.10. The summed E-state index contributed by atoms with van der Waals surface area (Å²) in [6.07, 6.45) is -2.62. The van der Waals surface area contributed by atoms with Gasteiger partial charge in [0.2, 0.25) is 0 Å². The van der Waals surface area contributed by atoms with Crippen LogP contribution in [0.25, 0.3) is 0 Å². The summed E-state index contributed by atoms with van der Waals surface area (Å²) in [5.41, 5.74) is 6.06. The van der Waals surface area contributed by atoms with Crippen LogP contribution in [0.5, 0.6) is 0 Å². The number of pyridine rings is 1. The summed E-state index contributed by atoms with van der Waals surface area (Å²) in [7, 11) is 0. The highest BCUT2D eigenvalue weighted by atomic mass is 79.9. The molecule has 6 heteroatoms. The molecular weight excluding hydrogens is 268 g/mol. The zero-order chi connectivity index (χ0) is 11.4. The van der Waals surface area contributed by atoms with Crippen LogP contribution in [0.4, 0.5) is 14.6 Å². The number of nitrogens with two attached hydrogens (primary N) is 1. The maximum Gasteiger partial charge on any atom is 0.267 e. The van der Waals surface area contributed by atoms with E-state index in [1.807, 2.05) is 6.07 Å². The minimum atomic E-state index is -2.67. The predicted octanol–water partition coefficient (Wildman–Crippen LogP) is 2.56. The van der Waals surface area contributed by atoms with Gasteiger partial charge in [0.25, 0.3) is 6.43 Å². The molecule has 0 saturated carbocycles. The van der Waals surface area contributed by atoms with Gasteiger partial charge in [0.15, 0.2) is 0 Å². The van der Waals surface area contributed by atoms with Gasteiger partial charge in [-0.1, -0.05) is 15.9 Å². The first kappa shape index (κ1) is 11.9. The zero-order valence-electron chi connectivity index (χ0n) is 7.67. The van der Waals surface area contributed by atoms with Crippen molar-refractivity contribution in [1.29, 1.82) is 5.26 Å². The molecule has 1 heterocycles. The van der Waals surface area contributed by atoms with Crippen molar-refractivity contribution in [3.05, 3.63) is 22.9 Å². The lowest BCUT2D eigenvalue weighted by Gasteiger charge is -2.09. The minimum Gasteiger partial charge on any atom is -0.383 e. The average molecular weight is 276 g/mol. The summed E-state index contributed by atoms with van der Waals surface area (Å²) in [6, 6.07) is 3.14. The lowest BCUT2D eigenvalue weighted by Crippen LogP contribution is -2.04. The molecule has 1 rings (SSSR count). The van der Waals surface area contributed by atoms with Gasteiger partial charge in [-0.25, -0.2) is 13.8 Å². The number of hydrogen-bond acceptors (Lipinski definition) is 3. The molecule has 0 bridgehead atoms. The number of halogens is 3. The number of aromatic nitrogens is 1. The topological polar surface area (TPSA) is 62.7 Å². The first-order valence-corrected chi connectivity index (χ1v) is 5.21. The summed E-state index contributed by atoms with van der Waals surface area (Å²) in [5.74, 6) is -0.180. The standard InChI is InChI=1S/C9H8BrF2N3/c10-4-7-5(1-2-13)3-6(8(11)12)9(14)15-7/h3,8H,1,4H2,(H2,14,15). The highest BCUT2D eigenvalue weighted by Gasteiger charge is 2.15. The third-order valence-corrected chi connectivity index (χ3v) is 2.41. The number of alkyl halides is 3. The van der Waals surface area contributed by atoms with E-state index in [0.717, 1.165) is 0 Å². The maximum atomic E-state index is 12.5. The normalized spacial score (nSPS) is 10.3. The molecule has 3 nitrogen and oxygen atoms in total. The van der Waals surface area contributed by atoms with E-state index in [9.17, 15) is 8.78 Å². The Labute approximate surface area is 94.0 Å². The maximum absolute atomic E-state index is 12.5. The lowest BCUT2D eigenvalue weighted by atomic mass is 10.1. The van der Waals surface area contributed by atoms with Crippen LogP contribution in [-0.4, -0.2) is 4.98 Å². The van der Waals surface area contributed by atoms with Crippen LogP contribution in [0.3, 0.4) is 0 Å². The Morgan fingerprint density at radius 3 is 2.73 bits per heavy atom. The Morgan fingerprint density at radius 2 is 2.27 bits per heavy atom. The highest BCUT2D eigenvalue weighted by Crippen LogP contribution is 2.26. The molecule has 0 aliphatic heterocycles. The minimum absolute atomic E-state index is 0.0495. The lowest BCUT2D eigenvalue weighted by molar-refractivity contribution is 0.152. The fourth-order valence-electron chi connectivity index (χ4n) is 1.16. The number of rotatable bonds is 3. The second-order valence-electron chi connectivity index (χ2n) is 2.84. The molecular formula is C9H8BrF2N3. The fraction of sp³-hybridized carbons (Fsp3) is 0.333. The molecule has 0 fully saturated rings. The Bertz CT molecular complexity index is 401. The van der Waals surface area contributed by atoms with Crippen LogP contribution < -0.4 is 5.73 Å². The Hall–Kier alpha value is -1.22. The molecule has 0 aromatic carbocycles. The van der Waals surface area contributed by atoms with E-state index < -0.39 is 6.43 Å². The van der Waals surface area contributed by atoms with Crippen molar-refractivity contribution in [2.24, 2.45) is 0 Å². The summed E-state index contributed by atoms with van der Waals surface area (Å²) in [5, 5.41) is 8.91. The van der Waals surface area contributed by atoms with Gasteiger partial charge < -0.3 is 5.73 Å². The molecule has 0 aliphatic rings. The van der Waals surface area contributed by atoms with E-state index in [0.29, 0.717) is 16.6 Å². The molecule has 1 aromatic rings. The molecule has 2 N–H and O–H groups in total. The van der Waals surface area contributed by atoms with E-state index >= 15 is 0 Å². The van der Waals surface area contributed by atoms with Crippen molar-refractivity contribution in [3.8, 4) is 6.07 Å². The smallest absolute Gasteiger partial charge is 0.267 e. The molecule has 0 atom stereocenters. The third kappa shape index (κ3) is 2.63. The molecule has 15 heavy (non-hydrogen) atoms. The van der Waals surface area contributed by atoms with Crippen LogP contribution in [0.15, 0.2) is 6.07 Å². The quantitative estimate of drug-likeness (QED) is 0.863. The average Bonchev–Trinajstić information content (AvgIpc) is 2.20. The molecule has 1 aromatic heterocycles. The van der Waals surface area contributed by atoms with Crippen molar-refractivity contribution in [2.75, 3.05) is 5.73 Å². The van der Waals surface area contributed by atoms with Crippen molar-refractivity contribution in [3.63, 3.8) is 0 Å². The highest BCUT2D eigenvalue weighted by molar-refractivity contribution is 9.08. The Kier molecular flexibility index (Phi) is 3.97. The Balaban J connectivity index is 3.25. The number of nitriles is 1. The summed E-state index contributed by atoms with van der Waals surface area (Å²) in [6.45, 7) is 0. The van der Waals surface area contributed by atoms with Gasteiger partial charge in [-0.15, -0.1) is 0 Å². The van der Waals surface area contributed by atoms with Crippen molar-refractivity contribution in [2.45, 2.75) is 18.2 Å². The van der Waals surface area contributed by atoms with Gasteiger partial charge in [-0.3, -0.25) is 0 Å². The molecule has 80 valence electrons. The summed E-state index contributed by atoms with van der Waals surface area (Å²) >= 11 is 3.16. The molecule has 0 unspecified atom stereocenters. The summed E-state index contributed by atoms with van der Waals surface area (Å²) in [4.78, 5) is 3.83. The van der Waals surface area contributed by atoms with E-state index in [4.69, 9.17) is 11.0 Å². The van der Waals surface area contributed by atoms with Gasteiger partial charge in [-0.05, 0) is 11.6 Å². The summed E-state index contributed by atoms with van der Waals surface area (Å²) < 4.78 is 24.9. The second-order valence-corrected chi connectivity index (χ2v) is 3.40. The number of hydrogen-bond donors (Lipinski definition) is 1. The van der Waals surface area contributed by atoms with E-state index in [1.54, 1.807) is 0 Å². The van der Waals surface area contributed by atoms with E-state index in [2.05, 4.69) is 20.9 Å². The van der Waals surface area contributed by atoms with Crippen LogP contribution in [0.1, 0.15) is 23.2 Å². The second kappa shape index (κ2) is 5.03. The molecule has 0 amide bonds. The van der Waals surface area contributed by atoms with Gasteiger partial charge in [0, 0.05) is 5.33 Å². The molecule has 0 aliphatic carbocycles. The van der Waals surface area contributed by atoms with E-state index in [1.165, 1.54) is 6.07 Å². The van der Waals surface area contributed by atoms with E-state index in [-0.39, 0.29) is 17.8 Å². The van der Waals surface area contributed by atoms with Crippen LogP contribution in [0.2, 0.25) is 0 Å². The van der Waals surface area contributed by atoms with Gasteiger partial charge >= 0.3 is 0 Å². The van der Waals surface area contributed by atoms with Gasteiger partial charge in [0.05, 0.1) is 23.7 Å². The predicted molar refractivity (Wildman–Crippen MR) is 55.6 cm³/mol. The Morgan fingerprint density at radius 1 is 1.60 bits per heavy atom. The van der Waals surface area contributed by atoms with Crippen molar-refractivity contribution >= 4 is 21.7 Å². The fourth-order valence-corrected chi connectivity index (χ4v) is 1.64. The van der Waals surface area contributed by atoms with Crippen LogP contribution in [-0.2, 0) is 11.8 Å². The van der Waals surface area contributed by atoms with Crippen LogP contribution in [0, 0.1) is 11.3 Å². The number of nitrogen functional groups attached to an aromatic ring is 1. The van der Waals surface area contributed by atoms with Crippen LogP contribution >= 0.6 is 15.9 Å².